The molecule has 1 amide bonds. The third kappa shape index (κ3) is 5.02. The highest BCUT2D eigenvalue weighted by molar-refractivity contribution is 7.92. The molecule has 2 aromatic carbocycles. The molecule has 2 aliphatic heterocycles. The first-order valence-electron chi connectivity index (χ1n) is 11.0. The lowest BCUT2D eigenvalue weighted by Crippen LogP contribution is -2.53. The lowest BCUT2D eigenvalue weighted by molar-refractivity contribution is -0.151. The number of ether oxygens (including phenoxy) is 3. The second kappa shape index (κ2) is 9.63. The van der Waals surface area contributed by atoms with Gasteiger partial charge < -0.3 is 19.1 Å². The summed E-state index contributed by atoms with van der Waals surface area (Å²) in [6.45, 7) is 2.07. The molecule has 3 atom stereocenters. The number of nitrogens with zero attached hydrogens (tertiary/aromatic N) is 1. The molecule has 0 aromatic heterocycles. The van der Waals surface area contributed by atoms with Crippen LogP contribution >= 0.6 is 0 Å². The Kier molecular flexibility index (Phi) is 6.81. The summed E-state index contributed by atoms with van der Waals surface area (Å²) in [5, 5.41) is 0. The molecule has 2 aromatic rings. The molecule has 0 radical (unpaired) electrons. The molecule has 10 heteroatoms. The highest BCUT2D eigenvalue weighted by Crippen LogP contribution is 2.33. The van der Waals surface area contributed by atoms with Crippen LogP contribution in [0.4, 0.5) is 5.69 Å². The van der Waals surface area contributed by atoms with E-state index in [0.717, 1.165) is 5.56 Å². The zero-order valence-electron chi connectivity index (χ0n) is 19.3. The molecule has 0 spiro atoms. The topological polar surface area (TPSA) is 111 Å². The summed E-state index contributed by atoms with van der Waals surface area (Å²) < 4.78 is 44.8. The van der Waals surface area contributed by atoms with Gasteiger partial charge in [0.15, 0.2) is 0 Å². The van der Waals surface area contributed by atoms with E-state index in [2.05, 4.69) is 4.72 Å². The van der Waals surface area contributed by atoms with E-state index < -0.39 is 16.1 Å². The molecule has 1 fully saturated rings. The summed E-state index contributed by atoms with van der Waals surface area (Å²) in [6, 6.07) is 10.9. The molecule has 1 saturated heterocycles. The number of aryl methyl sites for hydroxylation is 1. The zero-order chi connectivity index (χ0) is 24.5. The van der Waals surface area contributed by atoms with Gasteiger partial charge in [0.05, 0.1) is 36.1 Å². The average molecular weight is 489 g/mol. The van der Waals surface area contributed by atoms with Gasteiger partial charge in [0.2, 0.25) is 0 Å². The van der Waals surface area contributed by atoms with E-state index in [4.69, 9.17) is 14.2 Å². The highest BCUT2D eigenvalue weighted by Gasteiger charge is 2.39. The first-order valence-corrected chi connectivity index (χ1v) is 12.5. The van der Waals surface area contributed by atoms with Gasteiger partial charge in [-0.3, -0.25) is 14.3 Å². The molecule has 0 unspecified atom stereocenters. The van der Waals surface area contributed by atoms with E-state index in [1.54, 1.807) is 36.2 Å². The second-order valence-electron chi connectivity index (χ2n) is 8.58. The minimum absolute atomic E-state index is 0.133. The van der Waals surface area contributed by atoms with Crippen molar-refractivity contribution in [2.24, 2.45) is 0 Å². The maximum absolute atomic E-state index is 13.3. The molecule has 0 saturated carbocycles. The monoisotopic (exact) mass is 488 g/mol. The number of anilines is 1. The minimum atomic E-state index is -3.81. The lowest BCUT2D eigenvalue weighted by atomic mass is 9.94. The van der Waals surface area contributed by atoms with Crippen molar-refractivity contribution in [2.75, 3.05) is 25.5 Å². The van der Waals surface area contributed by atoms with Crippen LogP contribution in [0.1, 0.15) is 35.2 Å². The predicted octanol–water partition coefficient (Wildman–Crippen LogP) is 2.74. The minimum Gasteiger partial charge on any atom is -0.490 e. The SMILES string of the molecule is COC(=O)C[C@@H]1CC[C@H]2[C@@H](COc3ccc(NS(=O)(=O)c4ccc(C)cc4)cc3C(=O)N2C)O1. The van der Waals surface area contributed by atoms with E-state index in [-0.39, 0.29) is 53.2 Å². The number of methoxy groups -OCH3 is 1. The molecule has 2 heterocycles. The van der Waals surface area contributed by atoms with Gasteiger partial charge in [0, 0.05) is 12.7 Å². The molecule has 9 nitrogen and oxygen atoms in total. The van der Waals surface area contributed by atoms with E-state index in [1.807, 2.05) is 6.92 Å². The molecule has 182 valence electrons. The van der Waals surface area contributed by atoms with E-state index in [1.165, 1.54) is 25.3 Å². The van der Waals surface area contributed by atoms with Crippen molar-refractivity contribution in [3.05, 3.63) is 53.6 Å². The second-order valence-corrected chi connectivity index (χ2v) is 10.3. The molecule has 4 rings (SSSR count). The Morgan fingerprint density at radius 1 is 1.18 bits per heavy atom. The third-order valence-electron chi connectivity index (χ3n) is 6.22. The fourth-order valence-electron chi connectivity index (χ4n) is 4.29. The van der Waals surface area contributed by atoms with Crippen molar-refractivity contribution in [3.8, 4) is 5.75 Å². The van der Waals surface area contributed by atoms with Gasteiger partial charge in [-0.15, -0.1) is 0 Å². The van der Waals surface area contributed by atoms with E-state index in [0.29, 0.717) is 18.6 Å². The summed E-state index contributed by atoms with van der Waals surface area (Å²) in [5.74, 6) is -0.297. The first-order chi connectivity index (χ1) is 16.2. The third-order valence-corrected chi connectivity index (χ3v) is 7.61. The number of nitrogens with one attached hydrogen (secondary N) is 1. The van der Waals surface area contributed by atoms with Crippen LogP contribution in [0.3, 0.4) is 0 Å². The fourth-order valence-corrected chi connectivity index (χ4v) is 5.34. The van der Waals surface area contributed by atoms with Crippen molar-refractivity contribution in [1.82, 2.24) is 4.90 Å². The highest BCUT2D eigenvalue weighted by atomic mass is 32.2. The van der Waals surface area contributed by atoms with Crippen molar-refractivity contribution < 1.29 is 32.2 Å². The number of fused-ring (bicyclic) bond motifs is 2. The van der Waals surface area contributed by atoms with Gasteiger partial charge in [0.1, 0.15) is 18.5 Å². The van der Waals surface area contributed by atoms with Crippen LogP contribution in [-0.4, -0.2) is 64.2 Å². The maximum atomic E-state index is 13.3. The largest absolute Gasteiger partial charge is 0.490 e. The molecule has 0 aliphatic carbocycles. The van der Waals surface area contributed by atoms with Crippen LogP contribution < -0.4 is 9.46 Å². The number of likely N-dealkylation sites (N-methyl/N-ethyl adjacent to an activating group) is 1. The first kappa shape index (κ1) is 24.0. The van der Waals surface area contributed by atoms with Crippen LogP contribution in [0.2, 0.25) is 0 Å². The Bertz CT molecular complexity index is 1180. The van der Waals surface area contributed by atoms with Crippen LogP contribution in [-0.2, 0) is 24.3 Å². The molecular formula is C24H28N2O7S. The summed E-state index contributed by atoms with van der Waals surface area (Å²) >= 11 is 0. The molecule has 1 N–H and O–H groups in total. The van der Waals surface area contributed by atoms with Gasteiger partial charge in [-0.05, 0) is 50.1 Å². The Balaban J connectivity index is 1.55. The summed E-state index contributed by atoms with van der Waals surface area (Å²) in [5.41, 5.74) is 1.48. The number of hydrogen-bond donors (Lipinski definition) is 1. The van der Waals surface area contributed by atoms with Crippen molar-refractivity contribution in [1.29, 1.82) is 0 Å². The van der Waals surface area contributed by atoms with Gasteiger partial charge in [-0.2, -0.15) is 0 Å². The predicted molar refractivity (Wildman–Crippen MR) is 124 cm³/mol. The van der Waals surface area contributed by atoms with Crippen LogP contribution in [0.5, 0.6) is 5.75 Å². The van der Waals surface area contributed by atoms with Gasteiger partial charge >= 0.3 is 5.97 Å². The van der Waals surface area contributed by atoms with Crippen LogP contribution in [0, 0.1) is 6.92 Å². The molecular weight excluding hydrogens is 460 g/mol. The number of amides is 1. The smallest absolute Gasteiger partial charge is 0.308 e. The molecule has 34 heavy (non-hydrogen) atoms. The Labute approximate surface area is 199 Å². The number of carbonyl (C=O) groups excluding carboxylic acids is 2. The number of hydrogen-bond acceptors (Lipinski definition) is 7. The van der Waals surface area contributed by atoms with Gasteiger partial charge in [-0.25, -0.2) is 8.42 Å². The molecule has 2 aliphatic rings. The summed E-state index contributed by atoms with van der Waals surface area (Å²) in [4.78, 5) is 26.7. The number of sulfonamides is 1. The van der Waals surface area contributed by atoms with Gasteiger partial charge in [-0.1, -0.05) is 17.7 Å². The number of rotatable bonds is 5. The van der Waals surface area contributed by atoms with Crippen LogP contribution in [0.25, 0.3) is 0 Å². The van der Waals surface area contributed by atoms with Crippen molar-refractivity contribution in [3.63, 3.8) is 0 Å². The standard InChI is InChI=1S/C24H28N2O7S/c1-15-4-8-18(9-5-15)34(29,30)25-16-6-11-21-19(12-16)24(28)26(2)20-10-7-17(13-23(27)31-3)33-22(20)14-32-21/h4-6,8-9,11-12,17,20,22,25H,7,10,13-14H2,1-3H3/t17-,20-,22+/m0/s1. The van der Waals surface area contributed by atoms with Gasteiger partial charge in [0.25, 0.3) is 15.9 Å². The van der Waals surface area contributed by atoms with E-state index >= 15 is 0 Å². The Hall–Kier alpha value is -3.11. The quantitative estimate of drug-likeness (QED) is 0.644. The summed E-state index contributed by atoms with van der Waals surface area (Å²) in [6.07, 6.45) is 0.714. The zero-order valence-corrected chi connectivity index (χ0v) is 20.1. The Morgan fingerprint density at radius 2 is 1.91 bits per heavy atom. The normalized spacial score (nSPS) is 22.5. The molecule has 0 bridgehead atoms. The Morgan fingerprint density at radius 3 is 2.62 bits per heavy atom. The lowest BCUT2D eigenvalue weighted by Gasteiger charge is -2.42. The maximum Gasteiger partial charge on any atom is 0.308 e. The van der Waals surface area contributed by atoms with Crippen molar-refractivity contribution >= 4 is 27.6 Å². The summed E-state index contributed by atoms with van der Waals surface area (Å²) in [7, 11) is -0.779. The number of carbonyl (C=O) groups is 2. The average Bonchev–Trinajstić information content (AvgIpc) is 2.81. The number of esters is 1. The van der Waals surface area contributed by atoms with Crippen molar-refractivity contribution in [2.45, 2.75) is 49.3 Å². The fraction of sp³-hybridized carbons (Fsp3) is 0.417. The van der Waals surface area contributed by atoms with Crippen LogP contribution in [0.15, 0.2) is 47.4 Å². The number of benzene rings is 2. The van der Waals surface area contributed by atoms with E-state index in [9.17, 15) is 18.0 Å².